The Morgan fingerprint density at radius 2 is 2.50 bits per heavy atom. The Hall–Kier alpha value is -0.650. The van der Waals surface area contributed by atoms with Crippen molar-refractivity contribution in [3.8, 4) is 0 Å². The summed E-state index contributed by atoms with van der Waals surface area (Å²) in [7, 11) is 1.57. The maximum absolute atomic E-state index is 11.5. The van der Waals surface area contributed by atoms with E-state index in [9.17, 15) is 4.79 Å². The second-order valence-corrected chi connectivity index (χ2v) is 4.07. The molecule has 2 unspecified atom stereocenters. The average molecular weight is 230 g/mol. The van der Waals surface area contributed by atoms with E-state index in [1.807, 2.05) is 0 Å². The third-order valence-corrected chi connectivity index (χ3v) is 2.82. The maximum atomic E-state index is 11.5. The quantitative estimate of drug-likeness (QED) is 0.647. The molecule has 94 valence electrons. The van der Waals surface area contributed by atoms with E-state index in [1.54, 1.807) is 7.11 Å². The molecule has 1 aliphatic rings. The van der Waals surface area contributed by atoms with Gasteiger partial charge in [-0.05, 0) is 19.3 Å². The van der Waals surface area contributed by atoms with Crippen LogP contribution in [0.3, 0.4) is 0 Å². The van der Waals surface area contributed by atoms with Gasteiger partial charge in [0.05, 0.1) is 18.6 Å². The summed E-state index contributed by atoms with van der Waals surface area (Å²) < 4.78 is 10.5. The van der Waals surface area contributed by atoms with Crippen molar-refractivity contribution in [2.24, 2.45) is 5.73 Å². The molecule has 0 radical (unpaired) electrons. The molecule has 1 amide bonds. The summed E-state index contributed by atoms with van der Waals surface area (Å²) in [5.41, 5.74) is 5.43. The van der Waals surface area contributed by atoms with Crippen molar-refractivity contribution < 1.29 is 14.3 Å². The minimum absolute atomic E-state index is 0.00435. The molecule has 1 rings (SSSR count). The fourth-order valence-corrected chi connectivity index (χ4v) is 1.79. The molecular formula is C11H22N2O3. The van der Waals surface area contributed by atoms with Gasteiger partial charge in [-0.25, -0.2) is 0 Å². The molecule has 0 aromatic carbocycles. The van der Waals surface area contributed by atoms with Crippen LogP contribution in [0.2, 0.25) is 0 Å². The third-order valence-electron chi connectivity index (χ3n) is 2.82. The van der Waals surface area contributed by atoms with Gasteiger partial charge in [-0.2, -0.15) is 0 Å². The lowest BCUT2D eigenvalue weighted by Gasteiger charge is -2.13. The van der Waals surface area contributed by atoms with E-state index in [0.717, 1.165) is 25.9 Å². The number of carbonyl (C=O) groups excluding carboxylic acids is 1. The SMILES string of the molecule is COC(CN)CC(=O)NCCC1CCCO1. The third kappa shape index (κ3) is 4.92. The number of rotatable bonds is 7. The van der Waals surface area contributed by atoms with Gasteiger partial charge < -0.3 is 20.5 Å². The predicted molar refractivity (Wildman–Crippen MR) is 61.1 cm³/mol. The summed E-state index contributed by atoms with van der Waals surface area (Å²) in [6.45, 7) is 1.90. The Morgan fingerprint density at radius 1 is 1.69 bits per heavy atom. The van der Waals surface area contributed by atoms with Crippen LogP contribution in [0.5, 0.6) is 0 Å². The van der Waals surface area contributed by atoms with Crippen molar-refractivity contribution >= 4 is 5.91 Å². The summed E-state index contributed by atoms with van der Waals surface area (Å²) in [4.78, 5) is 11.5. The van der Waals surface area contributed by atoms with E-state index in [0.29, 0.717) is 25.6 Å². The molecule has 5 nitrogen and oxygen atoms in total. The zero-order valence-electron chi connectivity index (χ0n) is 9.91. The molecule has 2 atom stereocenters. The molecule has 0 bridgehead atoms. The first-order chi connectivity index (χ1) is 7.76. The van der Waals surface area contributed by atoms with Gasteiger partial charge in [0.15, 0.2) is 0 Å². The van der Waals surface area contributed by atoms with Gasteiger partial charge in [-0.3, -0.25) is 4.79 Å². The summed E-state index contributed by atoms with van der Waals surface area (Å²) >= 11 is 0. The van der Waals surface area contributed by atoms with Crippen LogP contribution in [-0.2, 0) is 14.3 Å². The number of amides is 1. The second-order valence-electron chi connectivity index (χ2n) is 4.07. The van der Waals surface area contributed by atoms with Gasteiger partial charge in [0.25, 0.3) is 0 Å². The lowest BCUT2D eigenvalue weighted by Crippen LogP contribution is -2.33. The minimum atomic E-state index is -0.178. The number of nitrogens with one attached hydrogen (secondary N) is 1. The highest BCUT2D eigenvalue weighted by Gasteiger charge is 2.16. The molecule has 0 aromatic heterocycles. The molecule has 1 fully saturated rings. The van der Waals surface area contributed by atoms with Crippen LogP contribution in [0.1, 0.15) is 25.7 Å². The van der Waals surface area contributed by atoms with Crippen LogP contribution in [0.25, 0.3) is 0 Å². The number of carbonyl (C=O) groups is 1. The van der Waals surface area contributed by atoms with Crippen LogP contribution in [-0.4, -0.2) is 44.9 Å². The Labute approximate surface area is 96.7 Å². The summed E-state index contributed by atoms with van der Waals surface area (Å²) in [5.74, 6) is -0.00435. The molecule has 16 heavy (non-hydrogen) atoms. The zero-order valence-corrected chi connectivity index (χ0v) is 9.91. The van der Waals surface area contributed by atoms with E-state index in [-0.39, 0.29) is 12.0 Å². The Balaban J connectivity index is 2.05. The topological polar surface area (TPSA) is 73.6 Å². The summed E-state index contributed by atoms with van der Waals surface area (Å²) in [6.07, 6.45) is 3.62. The van der Waals surface area contributed by atoms with E-state index >= 15 is 0 Å². The summed E-state index contributed by atoms with van der Waals surface area (Å²) in [5, 5.41) is 2.85. The first kappa shape index (κ1) is 13.4. The Morgan fingerprint density at radius 3 is 3.06 bits per heavy atom. The smallest absolute Gasteiger partial charge is 0.222 e. The lowest BCUT2D eigenvalue weighted by atomic mass is 10.2. The number of nitrogens with two attached hydrogens (primary N) is 1. The van der Waals surface area contributed by atoms with Gasteiger partial charge in [-0.1, -0.05) is 0 Å². The number of methoxy groups -OCH3 is 1. The average Bonchev–Trinajstić information content (AvgIpc) is 2.79. The normalized spacial score (nSPS) is 22.0. The maximum Gasteiger partial charge on any atom is 0.222 e. The van der Waals surface area contributed by atoms with Crippen LogP contribution >= 0.6 is 0 Å². The Bertz CT molecular complexity index is 201. The number of hydrogen-bond donors (Lipinski definition) is 2. The van der Waals surface area contributed by atoms with Gasteiger partial charge >= 0.3 is 0 Å². The fraction of sp³-hybridized carbons (Fsp3) is 0.909. The van der Waals surface area contributed by atoms with Crippen molar-refractivity contribution in [2.75, 3.05) is 26.8 Å². The fourth-order valence-electron chi connectivity index (χ4n) is 1.79. The lowest BCUT2D eigenvalue weighted by molar-refractivity contribution is -0.123. The van der Waals surface area contributed by atoms with Crippen molar-refractivity contribution in [2.45, 2.75) is 37.9 Å². The number of hydrogen-bond acceptors (Lipinski definition) is 4. The molecule has 0 aromatic rings. The predicted octanol–water partition coefficient (Wildman–Crippen LogP) is 0.0355. The standard InChI is InChI=1S/C11H22N2O3/c1-15-10(8-12)7-11(14)13-5-4-9-3-2-6-16-9/h9-10H,2-8,12H2,1H3,(H,13,14). The molecule has 0 aliphatic carbocycles. The molecule has 1 saturated heterocycles. The van der Waals surface area contributed by atoms with Crippen molar-refractivity contribution in [3.63, 3.8) is 0 Å². The van der Waals surface area contributed by atoms with Gasteiger partial charge in [0.1, 0.15) is 0 Å². The van der Waals surface area contributed by atoms with Crippen LogP contribution < -0.4 is 11.1 Å². The van der Waals surface area contributed by atoms with Crippen molar-refractivity contribution in [1.29, 1.82) is 0 Å². The largest absolute Gasteiger partial charge is 0.380 e. The minimum Gasteiger partial charge on any atom is -0.380 e. The van der Waals surface area contributed by atoms with Crippen LogP contribution in [0.4, 0.5) is 0 Å². The highest BCUT2D eigenvalue weighted by molar-refractivity contribution is 5.76. The van der Waals surface area contributed by atoms with Gasteiger partial charge in [0.2, 0.25) is 5.91 Å². The molecule has 1 aliphatic heterocycles. The molecular weight excluding hydrogens is 208 g/mol. The first-order valence-electron chi connectivity index (χ1n) is 5.87. The zero-order chi connectivity index (χ0) is 11.8. The molecule has 5 heteroatoms. The highest BCUT2D eigenvalue weighted by atomic mass is 16.5. The van der Waals surface area contributed by atoms with Crippen molar-refractivity contribution in [3.05, 3.63) is 0 Å². The highest BCUT2D eigenvalue weighted by Crippen LogP contribution is 2.14. The first-order valence-corrected chi connectivity index (χ1v) is 5.87. The van der Waals surface area contributed by atoms with Crippen LogP contribution in [0.15, 0.2) is 0 Å². The van der Waals surface area contributed by atoms with Gasteiger partial charge in [0, 0.05) is 26.8 Å². The van der Waals surface area contributed by atoms with Crippen LogP contribution in [0, 0.1) is 0 Å². The van der Waals surface area contributed by atoms with E-state index < -0.39 is 0 Å². The van der Waals surface area contributed by atoms with E-state index in [2.05, 4.69) is 5.32 Å². The van der Waals surface area contributed by atoms with Gasteiger partial charge in [-0.15, -0.1) is 0 Å². The second kappa shape index (κ2) is 7.60. The van der Waals surface area contributed by atoms with Crippen molar-refractivity contribution in [1.82, 2.24) is 5.32 Å². The molecule has 1 heterocycles. The monoisotopic (exact) mass is 230 g/mol. The van der Waals surface area contributed by atoms with E-state index in [4.69, 9.17) is 15.2 Å². The summed E-state index contributed by atoms with van der Waals surface area (Å²) in [6, 6.07) is 0. The Kier molecular flexibility index (Phi) is 6.37. The molecule has 0 saturated carbocycles. The van der Waals surface area contributed by atoms with E-state index in [1.165, 1.54) is 0 Å². The molecule has 3 N–H and O–H groups in total. The molecule has 0 spiro atoms. The number of ether oxygens (including phenoxy) is 2.